The number of nitrogens with zero attached hydrogens (tertiary/aromatic N) is 4. The molecule has 0 aliphatic rings. The molecule has 1 heterocycles. The van der Waals surface area contributed by atoms with Crippen molar-refractivity contribution in [2.45, 2.75) is 0 Å². The first-order valence-electron chi connectivity index (χ1n) is 8.74. The number of hydrogen-bond acceptors (Lipinski definition) is 6. The van der Waals surface area contributed by atoms with Crippen LogP contribution in [0.25, 0.3) is 11.3 Å². The molecule has 1 aromatic heterocycles. The molecule has 3 rings (SSSR count). The molecule has 2 aromatic carbocycles. The van der Waals surface area contributed by atoms with E-state index in [9.17, 15) is 0 Å². The Hall–Kier alpha value is -3.43. The minimum absolute atomic E-state index is 0.508. The lowest BCUT2D eigenvalue weighted by Crippen LogP contribution is -2.21. The van der Waals surface area contributed by atoms with E-state index >= 15 is 0 Å². The van der Waals surface area contributed by atoms with Crippen LogP contribution in [-0.2, 0) is 0 Å². The standard InChI is InChI=1S/C21H22N6/c1-27(2)13-12-23-20-14-19(17-6-4-3-5-7-17)25-21(26-20)24-18-10-8-16(15-22)9-11-18/h3-11,14H,12-13H2,1-2H3,(H2,23,24,25,26). The maximum absolute atomic E-state index is 8.93. The van der Waals surface area contributed by atoms with Crippen molar-refractivity contribution >= 4 is 17.5 Å². The number of rotatable bonds is 7. The van der Waals surface area contributed by atoms with E-state index in [1.54, 1.807) is 12.1 Å². The number of anilines is 3. The minimum atomic E-state index is 0.508. The molecule has 2 N–H and O–H groups in total. The molecule has 0 fully saturated rings. The van der Waals surface area contributed by atoms with E-state index in [2.05, 4.69) is 31.6 Å². The molecule has 0 amide bonds. The second kappa shape index (κ2) is 8.79. The third-order valence-electron chi connectivity index (χ3n) is 3.93. The first-order valence-corrected chi connectivity index (χ1v) is 8.74. The summed E-state index contributed by atoms with van der Waals surface area (Å²) in [5.74, 6) is 1.27. The van der Waals surface area contributed by atoms with Crippen molar-refractivity contribution in [3.63, 3.8) is 0 Å². The van der Waals surface area contributed by atoms with Gasteiger partial charge < -0.3 is 15.5 Å². The molecule has 0 atom stereocenters. The first-order chi connectivity index (χ1) is 13.1. The van der Waals surface area contributed by atoms with Gasteiger partial charge in [-0.05, 0) is 38.4 Å². The minimum Gasteiger partial charge on any atom is -0.369 e. The Kier molecular flexibility index (Phi) is 5.98. The van der Waals surface area contributed by atoms with Gasteiger partial charge in [0.05, 0.1) is 17.3 Å². The summed E-state index contributed by atoms with van der Waals surface area (Å²) in [6, 6.07) is 21.3. The summed E-state index contributed by atoms with van der Waals surface area (Å²) < 4.78 is 0. The van der Waals surface area contributed by atoms with E-state index in [1.807, 2.05) is 62.6 Å². The fourth-order valence-electron chi connectivity index (χ4n) is 2.52. The molecule has 0 bridgehead atoms. The first kappa shape index (κ1) is 18.4. The van der Waals surface area contributed by atoms with E-state index in [0.717, 1.165) is 35.9 Å². The fourth-order valence-corrected chi connectivity index (χ4v) is 2.52. The van der Waals surface area contributed by atoms with Crippen molar-refractivity contribution in [3.05, 3.63) is 66.2 Å². The lowest BCUT2D eigenvalue weighted by atomic mass is 10.1. The smallest absolute Gasteiger partial charge is 0.229 e. The maximum atomic E-state index is 8.93. The number of likely N-dealkylation sites (N-methyl/N-ethyl adjacent to an activating group) is 1. The maximum Gasteiger partial charge on any atom is 0.229 e. The monoisotopic (exact) mass is 358 g/mol. The highest BCUT2D eigenvalue weighted by molar-refractivity contribution is 5.66. The van der Waals surface area contributed by atoms with E-state index in [-0.39, 0.29) is 0 Å². The summed E-state index contributed by atoms with van der Waals surface area (Å²) in [7, 11) is 4.07. The van der Waals surface area contributed by atoms with E-state index in [4.69, 9.17) is 5.26 Å². The summed E-state index contributed by atoms with van der Waals surface area (Å²) in [6.07, 6.45) is 0. The number of hydrogen-bond donors (Lipinski definition) is 2. The zero-order valence-corrected chi connectivity index (χ0v) is 15.5. The molecule has 136 valence electrons. The van der Waals surface area contributed by atoms with Crippen LogP contribution in [0, 0.1) is 11.3 Å². The van der Waals surface area contributed by atoms with E-state index in [0.29, 0.717) is 11.5 Å². The second-order valence-electron chi connectivity index (χ2n) is 6.37. The van der Waals surface area contributed by atoms with Gasteiger partial charge in [0.2, 0.25) is 5.95 Å². The van der Waals surface area contributed by atoms with Crippen molar-refractivity contribution in [1.82, 2.24) is 14.9 Å². The van der Waals surface area contributed by atoms with Crippen LogP contribution in [0.3, 0.4) is 0 Å². The molecular formula is C21H22N6. The highest BCUT2D eigenvalue weighted by atomic mass is 15.2. The average Bonchev–Trinajstić information content (AvgIpc) is 2.69. The summed E-state index contributed by atoms with van der Waals surface area (Å²) in [4.78, 5) is 11.3. The molecular weight excluding hydrogens is 336 g/mol. The lowest BCUT2D eigenvalue weighted by Gasteiger charge is -2.13. The third kappa shape index (κ3) is 5.27. The molecule has 0 saturated carbocycles. The van der Waals surface area contributed by atoms with E-state index in [1.165, 1.54) is 0 Å². The van der Waals surface area contributed by atoms with Crippen molar-refractivity contribution in [2.24, 2.45) is 0 Å². The normalized spacial score (nSPS) is 10.4. The summed E-state index contributed by atoms with van der Waals surface area (Å²) in [5.41, 5.74) is 3.32. The molecule has 6 heteroatoms. The van der Waals surface area contributed by atoms with Gasteiger partial charge in [0, 0.05) is 30.4 Å². The van der Waals surface area contributed by atoms with Crippen LogP contribution in [0.1, 0.15) is 5.56 Å². The Balaban J connectivity index is 1.87. The van der Waals surface area contributed by atoms with Crippen LogP contribution < -0.4 is 10.6 Å². The van der Waals surface area contributed by atoms with Gasteiger partial charge in [0.1, 0.15) is 5.82 Å². The molecule has 0 radical (unpaired) electrons. The molecule has 0 aliphatic carbocycles. The summed E-state index contributed by atoms with van der Waals surface area (Å²) >= 11 is 0. The van der Waals surface area contributed by atoms with Gasteiger partial charge in [-0.25, -0.2) is 4.98 Å². The quantitative estimate of drug-likeness (QED) is 0.670. The predicted octanol–water partition coefficient (Wildman–Crippen LogP) is 3.73. The molecule has 27 heavy (non-hydrogen) atoms. The van der Waals surface area contributed by atoms with Crippen LogP contribution in [0.15, 0.2) is 60.7 Å². The van der Waals surface area contributed by atoms with Gasteiger partial charge >= 0.3 is 0 Å². The van der Waals surface area contributed by atoms with Crippen molar-refractivity contribution in [1.29, 1.82) is 5.26 Å². The lowest BCUT2D eigenvalue weighted by molar-refractivity contribution is 0.425. The highest BCUT2D eigenvalue weighted by Crippen LogP contribution is 2.23. The number of nitrogens with one attached hydrogen (secondary N) is 2. The number of nitriles is 1. The topological polar surface area (TPSA) is 76.9 Å². The fraction of sp³-hybridized carbons (Fsp3) is 0.190. The Morgan fingerprint density at radius 2 is 1.74 bits per heavy atom. The van der Waals surface area contributed by atoms with Crippen LogP contribution in [-0.4, -0.2) is 42.1 Å². The van der Waals surface area contributed by atoms with Gasteiger partial charge in [-0.15, -0.1) is 0 Å². The van der Waals surface area contributed by atoms with Gasteiger partial charge in [-0.2, -0.15) is 10.2 Å². The largest absolute Gasteiger partial charge is 0.369 e. The number of aromatic nitrogens is 2. The van der Waals surface area contributed by atoms with Gasteiger partial charge in [-0.3, -0.25) is 0 Å². The predicted molar refractivity (Wildman–Crippen MR) is 109 cm³/mol. The second-order valence-corrected chi connectivity index (χ2v) is 6.37. The highest BCUT2D eigenvalue weighted by Gasteiger charge is 2.07. The van der Waals surface area contributed by atoms with Gasteiger partial charge in [-0.1, -0.05) is 30.3 Å². The zero-order chi connectivity index (χ0) is 19.1. The Morgan fingerprint density at radius 1 is 1.00 bits per heavy atom. The molecule has 3 aromatic rings. The Morgan fingerprint density at radius 3 is 2.41 bits per heavy atom. The van der Waals surface area contributed by atoms with Gasteiger partial charge in [0.25, 0.3) is 0 Å². The third-order valence-corrected chi connectivity index (χ3v) is 3.93. The van der Waals surface area contributed by atoms with Gasteiger partial charge in [0.15, 0.2) is 0 Å². The summed E-state index contributed by atoms with van der Waals surface area (Å²) in [5, 5.41) is 15.5. The molecule has 0 unspecified atom stereocenters. The van der Waals surface area contributed by atoms with E-state index < -0.39 is 0 Å². The van der Waals surface area contributed by atoms with Crippen molar-refractivity contribution in [2.75, 3.05) is 37.8 Å². The molecule has 0 saturated heterocycles. The molecule has 6 nitrogen and oxygen atoms in total. The molecule has 0 spiro atoms. The summed E-state index contributed by atoms with van der Waals surface area (Å²) in [6.45, 7) is 1.69. The van der Waals surface area contributed by atoms with Crippen LogP contribution >= 0.6 is 0 Å². The van der Waals surface area contributed by atoms with Crippen molar-refractivity contribution in [3.8, 4) is 17.3 Å². The molecule has 0 aliphatic heterocycles. The van der Waals surface area contributed by atoms with Crippen LogP contribution in [0.5, 0.6) is 0 Å². The number of benzene rings is 2. The van der Waals surface area contributed by atoms with Crippen molar-refractivity contribution < 1.29 is 0 Å². The van der Waals surface area contributed by atoms with Crippen LogP contribution in [0.4, 0.5) is 17.5 Å². The Bertz CT molecular complexity index is 914. The SMILES string of the molecule is CN(C)CCNc1cc(-c2ccccc2)nc(Nc2ccc(C#N)cc2)n1. The zero-order valence-electron chi connectivity index (χ0n) is 15.5. The average molecular weight is 358 g/mol. The Labute approximate surface area is 159 Å². The van der Waals surface area contributed by atoms with Crippen LogP contribution in [0.2, 0.25) is 0 Å².